The first-order valence-electron chi connectivity index (χ1n) is 12.9. The number of hydrogen-bond donors (Lipinski definition) is 0. The van der Waals surface area contributed by atoms with Crippen LogP contribution in [-0.2, 0) is 16.1 Å². The lowest BCUT2D eigenvalue weighted by Crippen LogP contribution is -2.41. The van der Waals surface area contributed by atoms with Gasteiger partial charge in [0.15, 0.2) is 0 Å². The van der Waals surface area contributed by atoms with Crippen LogP contribution in [0, 0.1) is 0 Å². The van der Waals surface area contributed by atoms with Crippen molar-refractivity contribution in [2.24, 2.45) is 0 Å². The number of hydrogen-bond acceptors (Lipinski definition) is 5. The van der Waals surface area contributed by atoms with E-state index in [1.807, 2.05) is 35.2 Å². The van der Waals surface area contributed by atoms with Gasteiger partial charge in [-0.3, -0.25) is 4.79 Å². The summed E-state index contributed by atoms with van der Waals surface area (Å²) in [6, 6.07) is 22.4. The molecule has 1 aliphatic heterocycles. The fourth-order valence-electron chi connectivity index (χ4n) is 5.17. The predicted molar refractivity (Wildman–Crippen MR) is 147 cm³/mol. The lowest BCUT2D eigenvalue weighted by molar-refractivity contribution is -0.135. The molecule has 0 unspecified atom stereocenters. The van der Waals surface area contributed by atoms with E-state index in [-0.39, 0.29) is 11.8 Å². The number of carbonyl (C=O) groups is 1. The van der Waals surface area contributed by atoms with Gasteiger partial charge in [-0.25, -0.2) is 0 Å². The van der Waals surface area contributed by atoms with Crippen LogP contribution in [0.2, 0.25) is 0 Å². The standard InChI is InChI=1S/C31H34N2O5/c1-35-24-10-8-22(9-11-24)20-33-21-29(27-6-4-5-7-30(27)33)28(19-31(34)32-12-14-38-15-13-32)23-16-25(36-2)18-26(17-23)37-3/h4-11,16-18,21,28H,12-15,19-20H2,1-3H3/t28-/m1/s1. The zero-order valence-electron chi connectivity index (χ0n) is 22.2. The van der Waals surface area contributed by atoms with Crippen molar-refractivity contribution in [3.05, 3.63) is 89.6 Å². The van der Waals surface area contributed by atoms with E-state index in [0.717, 1.165) is 27.8 Å². The molecular formula is C31H34N2O5. The number of para-hydroxylation sites is 1. The molecule has 5 rings (SSSR count). The van der Waals surface area contributed by atoms with Crippen molar-refractivity contribution in [2.75, 3.05) is 47.6 Å². The van der Waals surface area contributed by atoms with Gasteiger partial charge in [0.2, 0.25) is 5.91 Å². The quantitative estimate of drug-likeness (QED) is 0.311. The van der Waals surface area contributed by atoms with Gasteiger partial charge in [0.25, 0.3) is 0 Å². The zero-order valence-corrected chi connectivity index (χ0v) is 22.2. The molecule has 2 heterocycles. The van der Waals surface area contributed by atoms with E-state index >= 15 is 0 Å². The molecule has 0 bridgehead atoms. The minimum atomic E-state index is -0.184. The highest BCUT2D eigenvalue weighted by atomic mass is 16.5. The lowest BCUT2D eigenvalue weighted by atomic mass is 9.87. The maximum absolute atomic E-state index is 13.5. The normalized spacial score (nSPS) is 14.3. The Balaban J connectivity index is 1.58. The lowest BCUT2D eigenvalue weighted by Gasteiger charge is -2.29. The summed E-state index contributed by atoms with van der Waals surface area (Å²) in [4.78, 5) is 15.5. The molecule has 1 saturated heterocycles. The zero-order chi connectivity index (χ0) is 26.5. The van der Waals surface area contributed by atoms with Gasteiger partial charge in [-0.2, -0.15) is 0 Å². The van der Waals surface area contributed by atoms with E-state index in [2.05, 4.69) is 47.2 Å². The molecule has 7 nitrogen and oxygen atoms in total. The Morgan fingerprint density at radius 2 is 1.53 bits per heavy atom. The summed E-state index contributed by atoms with van der Waals surface area (Å²) >= 11 is 0. The third-order valence-corrected chi connectivity index (χ3v) is 7.23. The van der Waals surface area contributed by atoms with E-state index in [0.29, 0.717) is 50.8 Å². The number of amides is 1. The SMILES string of the molecule is COc1ccc(Cn2cc([C@H](CC(=O)N3CCOCC3)c3cc(OC)cc(OC)c3)c3ccccc32)cc1. The van der Waals surface area contributed by atoms with E-state index in [9.17, 15) is 4.79 Å². The summed E-state index contributed by atoms with van der Waals surface area (Å²) in [5, 5.41) is 1.13. The molecule has 0 radical (unpaired) electrons. The number of morpholine rings is 1. The third kappa shape index (κ3) is 5.48. The van der Waals surface area contributed by atoms with Gasteiger partial charge >= 0.3 is 0 Å². The maximum Gasteiger partial charge on any atom is 0.223 e. The van der Waals surface area contributed by atoms with Crippen molar-refractivity contribution in [1.82, 2.24) is 9.47 Å². The van der Waals surface area contributed by atoms with Gasteiger partial charge in [0.05, 0.1) is 34.5 Å². The molecule has 7 heteroatoms. The molecule has 1 aliphatic rings. The first-order valence-corrected chi connectivity index (χ1v) is 12.9. The Morgan fingerprint density at radius 3 is 2.18 bits per heavy atom. The Kier molecular flexibility index (Phi) is 7.84. The highest BCUT2D eigenvalue weighted by Crippen LogP contribution is 2.38. The number of aromatic nitrogens is 1. The molecule has 4 aromatic rings. The molecular weight excluding hydrogens is 480 g/mol. The third-order valence-electron chi connectivity index (χ3n) is 7.23. The molecule has 0 spiro atoms. The minimum absolute atomic E-state index is 0.118. The monoisotopic (exact) mass is 514 g/mol. The summed E-state index contributed by atoms with van der Waals surface area (Å²) in [5.74, 6) is 2.17. The molecule has 1 atom stereocenters. The molecule has 38 heavy (non-hydrogen) atoms. The Morgan fingerprint density at radius 1 is 0.868 bits per heavy atom. The van der Waals surface area contributed by atoms with Gasteiger partial charge < -0.3 is 28.4 Å². The Labute approximate surface area is 223 Å². The van der Waals surface area contributed by atoms with E-state index < -0.39 is 0 Å². The van der Waals surface area contributed by atoms with Gasteiger partial charge in [0.1, 0.15) is 17.2 Å². The molecule has 0 aliphatic carbocycles. The summed E-state index contributed by atoms with van der Waals surface area (Å²) in [6.07, 6.45) is 2.53. The summed E-state index contributed by atoms with van der Waals surface area (Å²) in [6.45, 7) is 3.09. The maximum atomic E-state index is 13.5. The van der Waals surface area contributed by atoms with Crippen LogP contribution >= 0.6 is 0 Å². The number of nitrogens with zero attached hydrogens (tertiary/aromatic N) is 2. The fraction of sp³-hybridized carbons (Fsp3) is 0.323. The van der Waals surface area contributed by atoms with Crippen molar-refractivity contribution >= 4 is 16.8 Å². The van der Waals surface area contributed by atoms with Crippen molar-refractivity contribution in [3.8, 4) is 17.2 Å². The van der Waals surface area contributed by atoms with Crippen LogP contribution < -0.4 is 14.2 Å². The van der Waals surface area contributed by atoms with Gasteiger partial charge in [-0.1, -0.05) is 30.3 Å². The molecule has 1 amide bonds. The number of ether oxygens (including phenoxy) is 4. The van der Waals surface area contributed by atoms with E-state index in [4.69, 9.17) is 18.9 Å². The van der Waals surface area contributed by atoms with Crippen molar-refractivity contribution in [2.45, 2.75) is 18.9 Å². The van der Waals surface area contributed by atoms with E-state index in [1.54, 1.807) is 21.3 Å². The first-order chi connectivity index (χ1) is 18.6. The average molecular weight is 515 g/mol. The highest BCUT2D eigenvalue weighted by Gasteiger charge is 2.27. The van der Waals surface area contributed by atoms with Crippen LogP contribution in [0.3, 0.4) is 0 Å². The molecule has 198 valence electrons. The van der Waals surface area contributed by atoms with Crippen molar-refractivity contribution in [1.29, 1.82) is 0 Å². The van der Waals surface area contributed by atoms with Gasteiger partial charge in [-0.05, 0) is 47.0 Å². The summed E-state index contributed by atoms with van der Waals surface area (Å²) in [7, 11) is 4.97. The Bertz CT molecular complexity index is 1370. The number of rotatable bonds is 9. The first kappa shape index (κ1) is 25.7. The average Bonchev–Trinajstić information content (AvgIpc) is 3.34. The minimum Gasteiger partial charge on any atom is -0.497 e. The second-order valence-electron chi connectivity index (χ2n) is 9.47. The molecule has 1 fully saturated rings. The molecule has 1 aromatic heterocycles. The fourth-order valence-corrected chi connectivity index (χ4v) is 5.17. The van der Waals surface area contributed by atoms with Gasteiger partial charge in [0, 0.05) is 55.1 Å². The second kappa shape index (κ2) is 11.6. The summed E-state index contributed by atoms with van der Waals surface area (Å²) < 4.78 is 24.2. The molecule has 3 aromatic carbocycles. The topological polar surface area (TPSA) is 62.2 Å². The smallest absolute Gasteiger partial charge is 0.223 e. The van der Waals surface area contributed by atoms with Crippen molar-refractivity contribution < 1.29 is 23.7 Å². The van der Waals surface area contributed by atoms with Crippen LogP contribution in [0.1, 0.15) is 29.0 Å². The van der Waals surface area contributed by atoms with Crippen LogP contribution in [0.5, 0.6) is 17.2 Å². The van der Waals surface area contributed by atoms with Crippen LogP contribution in [0.25, 0.3) is 10.9 Å². The highest BCUT2D eigenvalue weighted by molar-refractivity contribution is 5.87. The van der Waals surface area contributed by atoms with Crippen molar-refractivity contribution in [3.63, 3.8) is 0 Å². The number of fused-ring (bicyclic) bond motifs is 1. The van der Waals surface area contributed by atoms with Gasteiger partial charge in [-0.15, -0.1) is 0 Å². The van der Waals surface area contributed by atoms with Crippen LogP contribution in [0.4, 0.5) is 0 Å². The number of methoxy groups -OCH3 is 3. The Hall–Kier alpha value is -3.97. The van der Waals surface area contributed by atoms with Crippen LogP contribution in [0.15, 0.2) is 72.9 Å². The second-order valence-corrected chi connectivity index (χ2v) is 9.47. The number of carbonyl (C=O) groups excluding carboxylic acids is 1. The molecule has 0 N–H and O–H groups in total. The van der Waals surface area contributed by atoms with E-state index in [1.165, 1.54) is 5.56 Å². The van der Waals surface area contributed by atoms with Crippen LogP contribution in [-0.4, -0.2) is 63.0 Å². The number of benzene rings is 3. The largest absolute Gasteiger partial charge is 0.497 e. The summed E-state index contributed by atoms with van der Waals surface area (Å²) in [5.41, 5.74) is 4.38. The molecule has 0 saturated carbocycles. The predicted octanol–water partition coefficient (Wildman–Crippen LogP) is 5.10.